The zero-order valence-corrected chi connectivity index (χ0v) is 14.0. The Morgan fingerprint density at radius 1 is 1.43 bits per heavy atom. The van der Waals surface area contributed by atoms with Gasteiger partial charge in [-0.1, -0.05) is 12.1 Å². The topological polar surface area (TPSA) is 58.6 Å². The Morgan fingerprint density at radius 3 is 2.86 bits per heavy atom. The molecule has 0 saturated carbocycles. The Bertz CT molecular complexity index is 551. The fourth-order valence-electron chi connectivity index (χ4n) is 2.49. The molecule has 21 heavy (non-hydrogen) atoms. The van der Waals surface area contributed by atoms with Crippen molar-refractivity contribution in [2.45, 2.75) is 24.6 Å². The highest BCUT2D eigenvalue weighted by Crippen LogP contribution is 2.20. The maximum atomic E-state index is 12.5. The molecule has 1 N–H and O–H groups in total. The maximum absolute atomic E-state index is 12.5. The van der Waals surface area contributed by atoms with Crippen LogP contribution in [0.2, 0.25) is 0 Å². The molecular formula is C14H23ClN2O3S. The van der Waals surface area contributed by atoms with Gasteiger partial charge in [-0.05, 0) is 37.6 Å². The van der Waals surface area contributed by atoms with E-state index in [-0.39, 0.29) is 24.2 Å². The van der Waals surface area contributed by atoms with Crippen molar-refractivity contribution >= 4 is 22.4 Å². The van der Waals surface area contributed by atoms with E-state index in [0.717, 1.165) is 18.4 Å². The lowest BCUT2D eigenvalue weighted by Gasteiger charge is -2.31. The Kier molecular flexibility index (Phi) is 6.93. The minimum Gasteiger partial charge on any atom is -0.497 e. The SMILES string of the molecule is CNC1CCCN(S(=O)(=O)Cc2cccc(OC)c2)C1.Cl. The van der Waals surface area contributed by atoms with Crippen LogP contribution in [0.15, 0.2) is 24.3 Å². The monoisotopic (exact) mass is 334 g/mol. The van der Waals surface area contributed by atoms with E-state index in [1.165, 1.54) is 0 Å². The summed E-state index contributed by atoms with van der Waals surface area (Å²) in [5, 5.41) is 3.16. The second-order valence-corrected chi connectivity index (χ2v) is 7.06. The summed E-state index contributed by atoms with van der Waals surface area (Å²) in [5.41, 5.74) is 0.760. The first-order valence-corrected chi connectivity index (χ1v) is 8.44. The molecule has 0 radical (unpaired) electrons. The average Bonchev–Trinajstić information content (AvgIpc) is 2.47. The van der Waals surface area contributed by atoms with Crippen LogP contribution in [-0.2, 0) is 15.8 Å². The van der Waals surface area contributed by atoms with E-state index in [0.29, 0.717) is 18.8 Å². The number of benzene rings is 1. The summed E-state index contributed by atoms with van der Waals surface area (Å²) in [4.78, 5) is 0. The van der Waals surface area contributed by atoms with Gasteiger partial charge in [0.25, 0.3) is 0 Å². The molecule has 1 atom stereocenters. The normalized spacial score (nSPS) is 19.8. The van der Waals surface area contributed by atoms with Gasteiger partial charge in [0.2, 0.25) is 10.0 Å². The molecule has 0 aromatic heterocycles. The number of sulfonamides is 1. The Labute approximate surface area is 133 Å². The Morgan fingerprint density at radius 2 is 2.19 bits per heavy atom. The van der Waals surface area contributed by atoms with E-state index < -0.39 is 10.0 Å². The first-order valence-electron chi connectivity index (χ1n) is 6.83. The number of ether oxygens (including phenoxy) is 1. The molecule has 1 unspecified atom stereocenters. The molecule has 0 spiro atoms. The van der Waals surface area contributed by atoms with Gasteiger partial charge in [-0.2, -0.15) is 0 Å². The number of hydrogen-bond acceptors (Lipinski definition) is 4. The lowest BCUT2D eigenvalue weighted by molar-refractivity contribution is 0.292. The third kappa shape index (κ3) is 4.85. The number of methoxy groups -OCH3 is 1. The van der Waals surface area contributed by atoms with Crippen molar-refractivity contribution in [1.29, 1.82) is 0 Å². The van der Waals surface area contributed by atoms with Crippen LogP contribution in [0.4, 0.5) is 0 Å². The fourth-order valence-corrected chi connectivity index (χ4v) is 4.09. The molecule has 0 aliphatic carbocycles. The smallest absolute Gasteiger partial charge is 0.218 e. The first kappa shape index (κ1) is 18.2. The zero-order valence-electron chi connectivity index (χ0n) is 12.4. The summed E-state index contributed by atoms with van der Waals surface area (Å²) in [5.74, 6) is 0.713. The van der Waals surface area contributed by atoms with Gasteiger partial charge < -0.3 is 10.1 Å². The number of nitrogens with zero attached hydrogens (tertiary/aromatic N) is 1. The van der Waals surface area contributed by atoms with Crippen LogP contribution in [-0.4, -0.2) is 46.0 Å². The van der Waals surface area contributed by atoms with Crippen LogP contribution < -0.4 is 10.1 Å². The highest BCUT2D eigenvalue weighted by molar-refractivity contribution is 7.88. The third-order valence-corrected chi connectivity index (χ3v) is 5.49. The molecule has 120 valence electrons. The highest BCUT2D eigenvalue weighted by atomic mass is 35.5. The van der Waals surface area contributed by atoms with E-state index in [1.54, 1.807) is 17.5 Å². The van der Waals surface area contributed by atoms with Crippen molar-refractivity contribution in [2.24, 2.45) is 0 Å². The van der Waals surface area contributed by atoms with Crippen molar-refractivity contribution in [3.63, 3.8) is 0 Å². The molecule has 7 heteroatoms. The minimum atomic E-state index is -3.27. The quantitative estimate of drug-likeness (QED) is 0.889. The predicted octanol–water partition coefficient (Wildman–Crippen LogP) is 1.63. The standard InChI is InChI=1S/C14H22N2O3S.ClH/c1-15-13-6-4-8-16(10-13)20(17,18)11-12-5-3-7-14(9-12)19-2;/h3,5,7,9,13,15H,4,6,8,10-11H2,1-2H3;1H. The van der Waals surface area contributed by atoms with Crippen molar-refractivity contribution in [2.75, 3.05) is 27.2 Å². The molecule has 1 heterocycles. The summed E-state index contributed by atoms with van der Waals surface area (Å²) in [7, 11) is 0.190. The largest absolute Gasteiger partial charge is 0.497 e. The molecule has 1 aliphatic rings. The number of rotatable bonds is 5. The summed E-state index contributed by atoms with van der Waals surface area (Å²) in [6.07, 6.45) is 1.94. The van der Waals surface area contributed by atoms with E-state index in [2.05, 4.69) is 5.32 Å². The van der Waals surface area contributed by atoms with Gasteiger partial charge in [0, 0.05) is 19.1 Å². The molecule has 0 amide bonds. The molecule has 5 nitrogen and oxygen atoms in total. The molecule has 1 fully saturated rings. The van der Waals surface area contributed by atoms with Gasteiger partial charge in [0.05, 0.1) is 12.9 Å². The number of likely N-dealkylation sites (N-methyl/N-ethyl adjacent to an activating group) is 1. The first-order chi connectivity index (χ1) is 9.55. The number of halogens is 1. The minimum absolute atomic E-state index is 0. The number of piperidine rings is 1. The molecule has 0 bridgehead atoms. The van der Waals surface area contributed by atoms with Gasteiger partial charge in [0.15, 0.2) is 0 Å². The predicted molar refractivity (Wildman–Crippen MR) is 86.5 cm³/mol. The summed E-state index contributed by atoms with van der Waals surface area (Å²) >= 11 is 0. The van der Waals surface area contributed by atoms with Crippen molar-refractivity contribution in [3.05, 3.63) is 29.8 Å². The fraction of sp³-hybridized carbons (Fsp3) is 0.571. The second-order valence-electron chi connectivity index (χ2n) is 5.09. The van der Waals surface area contributed by atoms with Crippen molar-refractivity contribution in [1.82, 2.24) is 9.62 Å². The van der Waals surface area contributed by atoms with Crippen LogP contribution in [0, 0.1) is 0 Å². The molecule has 2 rings (SSSR count). The zero-order chi connectivity index (χ0) is 14.6. The molecule has 1 aromatic carbocycles. The van der Waals surface area contributed by atoms with Crippen LogP contribution in [0.25, 0.3) is 0 Å². The Balaban J connectivity index is 0.00000220. The summed E-state index contributed by atoms with van der Waals surface area (Å²) in [6, 6.07) is 7.48. The molecular weight excluding hydrogens is 312 g/mol. The second kappa shape index (κ2) is 7.98. The summed E-state index contributed by atoms with van der Waals surface area (Å²) in [6.45, 7) is 1.17. The van der Waals surface area contributed by atoms with Crippen LogP contribution >= 0.6 is 12.4 Å². The van der Waals surface area contributed by atoms with Crippen molar-refractivity contribution in [3.8, 4) is 5.75 Å². The number of hydrogen-bond donors (Lipinski definition) is 1. The third-order valence-electron chi connectivity index (χ3n) is 3.67. The number of nitrogens with one attached hydrogen (secondary N) is 1. The van der Waals surface area contributed by atoms with Gasteiger partial charge >= 0.3 is 0 Å². The lowest BCUT2D eigenvalue weighted by atomic mass is 10.1. The van der Waals surface area contributed by atoms with E-state index in [9.17, 15) is 8.42 Å². The lowest BCUT2D eigenvalue weighted by Crippen LogP contribution is -2.47. The van der Waals surface area contributed by atoms with Gasteiger partial charge in [-0.15, -0.1) is 12.4 Å². The molecule has 1 aliphatic heterocycles. The van der Waals surface area contributed by atoms with E-state index in [1.807, 2.05) is 25.2 Å². The van der Waals surface area contributed by atoms with Crippen LogP contribution in [0.1, 0.15) is 18.4 Å². The van der Waals surface area contributed by atoms with Gasteiger partial charge in [0.1, 0.15) is 5.75 Å². The summed E-state index contributed by atoms with van der Waals surface area (Å²) < 4.78 is 31.7. The molecule has 1 aromatic rings. The van der Waals surface area contributed by atoms with Crippen molar-refractivity contribution < 1.29 is 13.2 Å². The Hall–Kier alpha value is -0.820. The molecule has 1 saturated heterocycles. The van der Waals surface area contributed by atoms with E-state index >= 15 is 0 Å². The van der Waals surface area contributed by atoms with Crippen LogP contribution in [0.3, 0.4) is 0 Å². The maximum Gasteiger partial charge on any atom is 0.218 e. The average molecular weight is 335 g/mol. The van der Waals surface area contributed by atoms with Gasteiger partial charge in [-0.3, -0.25) is 0 Å². The van der Waals surface area contributed by atoms with E-state index in [4.69, 9.17) is 4.74 Å². The van der Waals surface area contributed by atoms with Crippen LogP contribution in [0.5, 0.6) is 5.75 Å². The highest BCUT2D eigenvalue weighted by Gasteiger charge is 2.28. The van der Waals surface area contributed by atoms with Gasteiger partial charge in [-0.25, -0.2) is 12.7 Å².